The number of aliphatic imine (C=N–C) groups is 1. The zero-order valence-corrected chi connectivity index (χ0v) is 24.4. The Morgan fingerprint density at radius 3 is 2.61 bits per heavy atom. The van der Waals surface area contributed by atoms with Crippen LogP contribution >= 0.6 is 0 Å². The molecule has 12 heteroatoms. The smallest absolute Gasteiger partial charge is 0.410 e. The van der Waals surface area contributed by atoms with E-state index in [-0.39, 0.29) is 38.3 Å². The Bertz CT molecular complexity index is 1470. The lowest BCUT2D eigenvalue weighted by Gasteiger charge is -2.24. The molecule has 2 aliphatic heterocycles. The number of aliphatic carboxylic acids is 1. The molecule has 3 heterocycles. The van der Waals surface area contributed by atoms with Crippen LogP contribution in [0.3, 0.4) is 0 Å². The van der Waals surface area contributed by atoms with Gasteiger partial charge in [-0.05, 0) is 35.7 Å². The van der Waals surface area contributed by atoms with Gasteiger partial charge in [0.1, 0.15) is 24.9 Å². The van der Waals surface area contributed by atoms with Crippen LogP contribution in [0.15, 0.2) is 84.0 Å². The molecular formula is C32H36N6O6. The summed E-state index contributed by atoms with van der Waals surface area (Å²) in [7, 11) is 0. The molecule has 2 amide bonds. The van der Waals surface area contributed by atoms with Crippen molar-refractivity contribution in [2.75, 3.05) is 36.9 Å². The maximum Gasteiger partial charge on any atom is 0.410 e. The number of carboxylic acids is 1. The largest absolute Gasteiger partial charge is 0.480 e. The van der Waals surface area contributed by atoms with Gasteiger partial charge in [-0.1, -0.05) is 61.5 Å². The number of benzene rings is 2. The molecule has 3 aromatic rings. The first-order chi connectivity index (χ1) is 21.4. The third kappa shape index (κ3) is 7.90. The second-order valence-electron chi connectivity index (χ2n) is 10.7. The van der Waals surface area contributed by atoms with Crippen molar-refractivity contribution in [3.05, 3.63) is 90.1 Å². The lowest BCUT2D eigenvalue weighted by Crippen LogP contribution is -2.40. The van der Waals surface area contributed by atoms with E-state index in [2.05, 4.69) is 25.9 Å². The van der Waals surface area contributed by atoms with Gasteiger partial charge in [0.2, 0.25) is 5.91 Å². The van der Waals surface area contributed by atoms with E-state index in [9.17, 15) is 19.5 Å². The molecule has 0 radical (unpaired) electrons. The monoisotopic (exact) mass is 600 g/mol. The molecule has 4 atom stereocenters. The van der Waals surface area contributed by atoms with Crippen molar-refractivity contribution in [3.8, 4) is 0 Å². The van der Waals surface area contributed by atoms with Gasteiger partial charge in [-0.3, -0.25) is 9.79 Å². The molecule has 4 N–H and O–H groups in total. The minimum absolute atomic E-state index is 0.0862. The van der Waals surface area contributed by atoms with Gasteiger partial charge in [-0.2, -0.15) is 0 Å². The second kappa shape index (κ2) is 14.5. The molecule has 0 aliphatic carbocycles. The summed E-state index contributed by atoms with van der Waals surface area (Å²) in [5, 5.41) is 18.8. The Labute approximate surface area is 255 Å². The number of anilines is 2. The van der Waals surface area contributed by atoms with E-state index >= 15 is 0 Å². The number of amidine groups is 1. The van der Waals surface area contributed by atoms with E-state index in [1.54, 1.807) is 11.1 Å². The van der Waals surface area contributed by atoms with Crippen LogP contribution in [0.4, 0.5) is 16.3 Å². The summed E-state index contributed by atoms with van der Waals surface area (Å²) >= 11 is 0. The predicted molar refractivity (Wildman–Crippen MR) is 165 cm³/mol. The SMILES string of the molecule is CC1C(=NC(CNC(=O)COC2CC(CNc3ccccn3)N(C(=O)OCc3ccccc3)C2)C(=O)O)Nc2ccccc21. The summed E-state index contributed by atoms with van der Waals surface area (Å²) in [6.45, 7) is 2.27. The molecule has 44 heavy (non-hydrogen) atoms. The second-order valence-corrected chi connectivity index (χ2v) is 10.7. The van der Waals surface area contributed by atoms with E-state index in [0.717, 1.165) is 16.8 Å². The first-order valence-electron chi connectivity index (χ1n) is 14.5. The number of hydrogen-bond donors (Lipinski definition) is 4. The number of ether oxygens (including phenoxy) is 2. The molecule has 0 bridgehead atoms. The lowest BCUT2D eigenvalue weighted by molar-refractivity contribution is -0.138. The standard InChI is InChI=1S/C32H36N6O6/c1-21-25-11-5-6-12-26(25)36-30(21)37-27(31(40)41)17-35-29(39)20-43-24-15-23(16-34-28-13-7-8-14-33-28)38(18-24)32(42)44-19-22-9-3-2-4-10-22/h2-14,21,23-24,27H,15-20H2,1H3,(H,33,34)(H,35,39)(H,36,37)(H,40,41). The van der Waals surface area contributed by atoms with Crippen molar-refractivity contribution in [2.24, 2.45) is 4.99 Å². The fourth-order valence-electron chi connectivity index (χ4n) is 5.24. The van der Waals surface area contributed by atoms with Crippen LogP contribution in [0.1, 0.15) is 30.4 Å². The molecule has 230 valence electrons. The fourth-order valence-corrected chi connectivity index (χ4v) is 5.24. The lowest BCUT2D eigenvalue weighted by atomic mass is 10.0. The molecule has 1 fully saturated rings. The molecule has 2 aliphatic rings. The van der Waals surface area contributed by atoms with E-state index in [4.69, 9.17) is 9.47 Å². The Morgan fingerprint density at radius 2 is 1.86 bits per heavy atom. The van der Waals surface area contributed by atoms with Crippen molar-refractivity contribution in [2.45, 2.75) is 44.1 Å². The molecular weight excluding hydrogens is 564 g/mol. The first kappa shape index (κ1) is 30.5. The average molecular weight is 601 g/mol. The summed E-state index contributed by atoms with van der Waals surface area (Å²) in [5.41, 5.74) is 2.81. The Morgan fingerprint density at radius 1 is 1.09 bits per heavy atom. The average Bonchev–Trinajstić information content (AvgIpc) is 3.61. The molecule has 1 saturated heterocycles. The zero-order chi connectivity index (χ0) is 30.9. The van der Waals surface area contributed by atoms with E-state index < -0.39 is 30.1 Å². The van der Waals surface area contributed by atoms with Crippen LogP contribution in [0.25, 0.3) is 0 Å². The number of nitrogens with one attached hydrogen (secondary N) is 3. The molecule has 1 aromatic heterocycles. The van der Waals surface area contributed by atoms with Gasteiger partial charge < -0.3 is 35.4 Å². The predicted octanol–water partition coefficient (Wildman–Crippen LogP) is 3.49. The van der Waals surface area contributed by atoms with Gasteiger partial charge in [0.25, 0.3) is 0 Å². The number of carboxylic acid groups (broad SMARTS) is 1. The Kier molecular flexibility index (Phi) is 10.0. The normalized spacial score (nSPS) is 20.4. The van der Waals surface area contributed by atoms with Crippen molar-refractivity contribution in [3.63, 3.8) is 0 Å². The maximum absolute atomic E-state index is 13.1. The summed E-state index contributed by atoms with van der Waals surface area (Å²) in [6, 6.07) is 21.2. The molecule has 12 nitrogen and oxygen atoms in total. The third-order valence-corrected chi connectivity index (χ3v) is 7.62. The van der Waals surface area contributed by atoms with Gasteiger partial charge >= 0.3 is 12.1 Å². The number of aromatic nitrogens is 1. The van der Waals surface area contributed by atoms with E-state index in [0.29, 0.717) is 24.6 Å². The first-order valence-corrected chi connectivity index (χ1v) is 14.5. The quantitative estimate of drug-likeness (QED) is 0.245. The summed E-state index contributed by atoms with van der Waals surface area (Å²) in [5.74, 6) is -0.485. The van der Waals surface area contributed by atoms with Crippen molar-refractivity contribution < 1.29 is 29.0 Å². The number of carbonyl (C=O) groups is 3. The number of para-hydroxylation sites is 1. The summed E-state index contributed by atoms with van der Waals surface area (Å²) in [6.07, 6.45) is 1.26. The Hall–Kier alpha value is -4.97. The van der Waals surface area contributed by atoms with Crippen LogP contribution < -0.4 is 16.0 Å². The van der Waals surface area contributed by atoms with Crippen molar-refractivity contribution in [1.29, 1.82) is 0 Å². The number of nitrogens with zero attached hydrogens (tertiary/aromatic N) is 3. The number of carbonyl (C=O) groups excluding carboxylic acids is 2. The molecule has 5 rings (SSSR count). The summed E-state index contributed by atoms with van der Waals surface area (Å²) < 4.78 is 11.4. The highest BCUT2D eigenvalue weighted by Crippen LogP contribution is 2.32. The van der Waals surface area contributed by atoms with Gasteiger partial charge in [-0.15, -0.1) is 0 Å². The summed E-state index contributed by atoms with van der Waals surface area (Å²) in [4.78, 5) is 47.9. The molecule has 2 aromatic carbocycles. The van der Waals surface area contributed by atoms with Gasteiger partial charge in [0.05, 0.1) is 25.2 Å². The number of fused-ring (bicyclic) bond motifs is 1. The number of hydrogen-bond acceptors (Lipinski definition) is 8. The van der Waals surface area contributed by atoms with Crippen LogP contribution in [0.2, 0.25) is 0 Å². The molecule has 4 unspecified atom stereocenters. The number of rotatable bonds is 12. The van der Waals surface area contributed by atoms with Crippen molar-refractivity contribution >= 4 is 35.3 Å². The fraction of sp³-hybridized carbons (Fsp3) is 0.344. The van der Waals surface area contributed by atoms with E-state index in [1.165, 1.54) is 0 Å². The van der Waals surface area contributed by atoms with Crippen molar-refractivity contribution in [1.82, 2.24) is 15.2 Å². The highest BCUT2D eigenvalue weighted by molar-refractivity contribution is 6.07. The minimum Gasteiger partial charge on any atom is -0.480 e. The topological polar surface area (TPSA) is 154 Å². The minimum atomic E-state index is -1.17. The van der Waals surface area contributed by atoms with Gasteiger partial charge in [0.15, 0.2) is 6.04 Å². The van der Waals surface area contributed by atoms with Gasteiger partial charge in [-0.25, -0.2) is 14.6 Å². The van der Waals surface area contributed by atoms with E-state index in [1.807, 2.05) is 79.7 Å². The molecule has 0 saturated carbocycles. The van der Waals surface area contributed by atoms with Gasteiger partial charge in [0, 0.05) is 24.3 Å². The molecule has 0 spiro atoms. The van der Waals surface area contributed by atoms with Crippen LogP contribution in [-0.4, -0.2) is 83.2 Å². The van der Waals surface area contributed by atoms with Crippen LogP contribution in [0, 0.1) is 0 Å². The highest BCUT2D eigenvalue weighted by atomic mass is 16.6. The highest BCUT2D eigenvalue weighted by Gasteiger charge is 2.37. The number of pyridine rings is 1. The van der Waals surface area contributed by atoms with Crippen LogP contribution in [-0.2, 0) is 25.7 Å². The third-order valence-electron chi connectivity index (χ3n) is 7.62. The zero-order valence-electron chi connectivity index (χ0n) is 24.4. The number of amides is 2. The van der Waals surface area contributed by atoms with Crippen LogP contribution in [0.5, 0.6) is 0 Å². The Balaban J connectivity index is 1.13. The number of likely N-dealkylation sites (tertiary alicyclic amines) is 1. The maximum atomic E-state index is 13.1.